The van der Waals surface area contributed by atoms with Gasteiger partial charge >= 0.3 is 0 Å². The van der Waals surface area contributed by atoms with Crippen LogP contribution in [0.5, 0.6) is 0 Å². The lowest BCUT2D eigenvalue weighted by Crippen LogP contribution is -2.41. The molecule has 1 fully saturated rings. The lowest BCUT2D eigenvalue weighted by atomic mass is 10.1. The van der Waals surface area contributed by atoms with Crippen LogP contribution in [-0.4, -0.2) is 36.5 Å². The first-order valence-corrected chi connectivity index (χ1v) is 7.88. The maximum absolute atomic E-state index is 13.4. The second kappa shape index (κ2) is 7.18. The largest absolute Gasteiger partial charge is 0.337 e. The zero-order valence-electron chi connectivity index (χ0n) is 11.7. The van der Waals surface area contributed by atoms with Crippen LogP contribution < -0.4 is 5.32 Å². The van der Waals surface area contributed by atoms with E-state index in [0.29, 0.717) is 29.2 Å². The summed E-state index contributed by atoms with van der Waals surface area (Å²) in [6, 6.07) is 4.70. The SMILES string of the molecule is CCCN(CC1CCCN1)C(=O)c1cc(F)cc(Br)c1. The highest BCUT2D eigenvalue weighted by Crippen LogP contribution is 2.17. The van der Waals surface area contributed by atoms with E-state index in [1.807, 2.05) is 11.8 Å². The number of halogens is 2. The van der Waals surface area contributed by atoms with Crippen LogP contribution >= 0.6 is 15.9 Å². The molecule has 0 spiro atoms. The van der Waals surface area contributed by atoms with Gasteiger partial charge < -0.3 is 10.2 Å². The molecule has 0 aromatic heterocycles. The number of benzene rings is 1. The molecule has 5 heteroatoms. The van der Waals surface area contributed by atoms with Crippen molar-refractivity contribution in [3.63, 3.8) is 0 Å². The first kappa shape index (κ1) is 15.4. The van der Waals surface area contributed by atoms with Crippen LogP contribution in [0.4, 0.5) is 4.39 Å². The maximum atomic E-state index is 13.4. The van der Waals surface area contributed by atoms with Gasteiger partial charge in [-0.25, -0.2) is 4.39 Å². The molecule has 1 aromatic carbocycles. The fourth-order valence-corrected chi connectivity index (χ4v) is 3.05. The van der Waals surface area contributed by atoms with Gasteiger partial charge in [0.25, 0.3) is 5.91 Å². The first-order chi connectivity index (χ1) is 9.60. The molecule has 0 bridgehead atoms. The third-order valence-electron chi connectivity index (χ3n) is 3.49. The van der Waals surface area contributed by atoms with E-state index in [1.54, 1.807) is 6.07 Å². The Morgan fingerprint density at radius 1 is 1.50 bits per heavy atom. The number of rotatable bonds is 5. The summed E-state index contributed by atoms with van der Waals surface area (Å²) >= 11 is 3.23. The summed E-state index contributed by atoms with van der Waals surface area (Å²) in [5, 5.41) is 3.40. The average molecular weight is 343 g/mol. The zero-order valence-corrected chi connectivity index (χ0v) is 13.2. The van der Waals surface area contributed by atoms with Crippen molar-refractivity contribution in [1.82, 2.24) is 10.2 Å². The topological polar surface area (TPSA) is 32.3 Å². The molecule has 110 valence electrons. The van der Waals surface area contributed by atoms with Crippen LogP contribution in [0.25, 0.3) is 0 Å². The van der Waals surface area contributed by atoms with E-state index in [9.17, 15) is 9.18 Å². The molecule has 2 rings (SSSR count). The Bertz CT molecular complexity index is 455. The number of hydrogen-bond acceptors (Lipinski definition) is 2. The minimum Gasteiger partial charge on any atom is -0.337 e. The van der Waals surface area contributed by atoms with E-state index >= 15 is 0 Å². The first-order valence-electron chi connectivity index (χ1n) is 7.09. The highest BCUT2D eigenvalue weighted by molar-refractivity contribution is 9.10. The molecule has 1 aromatic rings. The summed E-state index contributed by atoms with van der Waals surface area (Å²) in [5.74, 6) is -0.487. The van der Waals surface area contributed by atoms with E-state index in [0.717, 1.165) is 25.8 Å². The van der Waals surface area contributed by atoms with Crippen molar-refractivity contribution in [2.24, 2.45) is 0 Å². The van der Waals surface area contributed by atoms with Crippen LogP contribution in [0, 0.1) is 5.82 Å². The van der Waals surface area contributed by atoms with Crippen LogP contribution in [0.3, 0.4) is 0 Å². The van der Waals surface area contributed by atoms with Crippen molar-refractivity contribution in [3.05, 3.63) is 34.1 Å². The molecule has 0 radical (unpaired) electrons. The number of nitrogens with one attached hydrogen (secondary N) is 1. The second-order valence-corrected chi connectivity index (χ2v) is 6.12. The number of carbonyl (C=O) groups is 1. The minimum atomic E-state index is -0.391. The average Bonchev–Trinajstić information content (AvgIpc) is 2.89. The second-order valence-electron chi connectivity index (χ2n) is 5.20. The zero-order chi connectivity index (χ0) is 14.5. The molecular formula is C15H20BrFN2O. The molecular weight excluding hydrogens is 323 g/mol. The molecule has 20 heavy (non-hydrogen) atoms. The summed E-state index contributed by atoms with van der Waals surface area (Å²) in [6.45, 7) is 4.46. The minimum absolute atomic E-state index is 0.0965. The third kappa shape index (κ3) is 4.03. The Labute approximate surface area is 127 Å². The molecule has 1 unspecified atom stereocenters. The van der Waals surface area contributed by atoms with Crippen LogP contribution in [0.1, 0.15) is 36.5 Å². The van der Waals surface area contributed by atoms with Crippen molar-refractivity contribution in [2.45, 2.75) is 32.2 Å². The van der Waals surface area contributed by atoms with E-state index in [2.05, 4.69) is 21.2 Å². The van der Waals surface area contributed by atoms with Gasteiger partial charge in [0.1, 0.15) is 5.82 Å². The van der Waals surface area contributed by atoms with E-state index < -0.39 is 5.82 Å². The van der Waals surface area contributed by atoms with Crippen LogP contribution in [-0.2, 0) is 0 Å². The van der Waals surface area contributed by atoms with Gasteiger partial charge in [0.05, 0.1) is 0 Å². The summed E-state index contributed by atoms with van der Waals surface area (Å²) in [7, 11) is 0. The van der Waals surface area contributed by atoms with Gasteiger partial charge in [-0.2, -0.15) is 0 Å². The molecule has 1 saturated heterocycles. The monoisotopic (exact) mass is 342 g/mol. The molecule has 1 aliphatic rings. The van der Waals surface area contributed by atoms with Gasteiger partial charge in [0.2, 0.25) is 0 Å². The van der Waals surface area contributed by atoms with Gasteiger partial charge in [0, 0.05) is 29.2 Å². The lowest BCUT2D eigenvalue weighted by Gasteiger charge is -2.25. The quantitative estimate of drug-likeness (QED) is 0.891. The van der Waals surface area contributed by atoms with Crippen LogP contribution in [0.15, 0.2) is 22.7 Å². The van der Waals surface area contributed by atoms with Crippen molar-refractivity contribution < 1.29 is 9.18 Å². The predicted molar refractivity (Wildman–Crippen MR) is 81.3 cm³/mol. The number of nitrogens with zero attached hydrogens (tertiary/aromatic N) is 1. The summed E-state index contributed by atoms with van der Waals surface area (Å²) < 4.78 is 14.0. The van der Waals surface area contributed by atoms with E-state index in [4.69, 9.17) is 0 Å². The Balaban J connectivity index is 2.12. The van der Waals surface area contributed by atoms with Crippen molar-refractivity contribution in [1.29, 1.82) is 0 Å². The van der Waals surface area contributed by atoms with Gasteiger partial charge in [0.15, 0.2) is 0 Å². The van der Waals surface area contributed by atoms with Crippen LogP contribution in [0.2, 0.25) is 0 Å². The molecule has 1 aliphatic heterocycles. The third-order valence-corrected chi connectivity index (χ3v) is 3.95. The summed E-state index contributed by atoms with van der Waals surface area (Å²) in [4.78, 5) is 14.4. The normalized spacial score (nSPS) is 18.2. The molecule has 0 aliphatic carbocycles. The van der Waals surface area contributed by atoms with Crippen molar-refractivity contribution in [2.75, 3.05) is 19.6 Å². The Kier molecular flexibility index (Phi) is 5.54. The fraction of sp³-hybridized carbons (Fsp3) is 0.533. The highest BCUT2D eigenvalue weighted by atomic mass is 79.9. The predicted octanol–water partition coefficient (Wildman–Crippen LogP) is 3.19. The van der Waals surface area contributed by atoms with Crippen molar-refractivity contribution >= 4 is 21.8 Å². The number of carbonyl (C=O) groups excluding carboxylic acids is 1. The standard InChI is InChI=1S/C15H20BrFN2O/c1-2-6-19(10-14-4-3-5-18-14)15(20)11-7-12(16)9-13(17)8-11/h7-9,14,18H,2-6,10H2,1H3. The fourth-order valence-electron chi connectivity index (χ4n) is 2.58. The highest BCUT2D eigenvalue weighted by Gasteiger charge is 2.22. The smallest absolute Gasteiger partial charge is 0.254 e. The van der Waals surface area contributed by atoms with Gasteiger partial charge in [-0.1, -0.05) is 22.9 Å². The summed E-state index contributed by atoms with van der Waals surface area (Å²) in [5.41, 5.74) is 0.406. The summed E-state index contributed by atoms with van der Waals surface area (Å²) in [6.07, 6.45) is 3.15. The Morgan fingerprint density at radius 3 is 2.90 bits per heavy atom. The van der Waals surface area contributed by atoms with Gasteiger partial charge in [-0.15, -0.1) is 0 Å². The molecule has 0 saturated carbocycles. The molecule has 1 heterocycles. The maximum Gasteiger partial charge on any atom is 0.254 e. The van der Waals surface area contributed by atoms with Gasteiger partial charge in [-0.3, -0.25) is 4.79 Å². The number of amides is 1. The van der Waals surface area contributed by atoms with E-state index in [-0.39, 0.29) is 5.91 Å². The van der Waals surface area contributed by atoms with Crippen molar-refractivity contribution in [3.8, 4) is 0 Å². The molecule has 1 atom stereocenters. The molecule has 3 nitrogen and oxygen atoms in total. The van der Waals surface area contributed by atoms with E-state index in [1.165, 1.54) is 12.1 Å². The Hall–Kier alpha value is -0.940. The molecule has 1 N–H and O–H groups in total. The lowest BCUT2D eigenvalue weighted by molar-refractivity contribution is 0.0741. The molecule has 1 amide bonds. The number of hydrogen-bond donors (Lipinski definition) is 1. The van der Waals surface area contributed by atoms with Gasteiger partial charge in [-0.05, 0) is 44.0 Å². The Morgan fingerprint density at radius 2 is 2.30 bits per heavy atom.